The molecule has 0 spiro atoms. The number of unbranched alkanes of at least 4 members (excludes halogenated alkanes) is 4. The van der Waals surface area contributed by atoms with Gasteiger partial charge in [0.05, 0.1) is 12.7 Å². The van der Waals surface area contributed by atoms with Gasteiger partial charge in [-0.3, -0.25) is 10.2 Å². The Morgan fingerprint density at radius 1 is 1.11 bits per heavy atom. The summed E-state index contributed by atoms with van der Waals surface area (Å²) >= 11 is 7.60. The lowest BCUT2D eigenvalue weighted by atomic mass is 10.1. The smallest absolute Gasteiger partial charge is 0.283 e. The van der Waals surface area contributed by atoms with Crippen LogP contribution in [-0.2, 0) is 11.4 Å². The Hall–Kier alpha value is -3.10. The molecule has 1 N–H and O–H groups in total. The van der Waals surface area contributed by atoms with Crippen molar-refractivity contribution in [3.05, 3.63) is 64.2 Å². The van der Waals surface area contributed by atoms with Gasteiger partial charge in [-0.15, -0.1) is 0 Å². The number of benzene rings is 2. The lowest BCUT2D eigenvalue weighted by Crippen LogP contribution is -2.35. The van der Waals surface area contributed by atoms with E-state index in [1.165, 1.54) is 36.0 Å². The summed E-state index contributed by atoms with van der Waals surface area (Å²) in [6.45, 7) is 2.49. The van der Waals surface area contributed by atoms with Crippen molar-refractivity contribution in [1.82, 2.24) is 5.01 Å². The maximum atomic E-state index is 12.7. The van der Waals surface area contributed by atoms with E-state index in [4.69, 9.17) is 26.5 Å². The highest BCUT2D eigenvalue weighted by atomic mass is 35.5. The average Bonchev–Trinajstić information content (AvgIpc) is 3.29. The number of thioether (sulfide) groups is 1. The predicted octanol–water partition coefficient (Wildman–Crippen LogP) is 6.91. The second kappa shape index (κ2) is 12.2. The van der Waals surface area contributed by atoms with Gasteiger partial charge in [0.2, 0.25) is 5.17 Å². The molecule has 36 heavy (non-hydrogen) atoms. The topological polar surface area (TPSA) is 87.3 Å². The molecule has 7 nitrogen and oxygen atoms in total. The van der Waals surface area contributed by atoms with Gasteiger partial charge in [-0.2, -0.15) is 15.1 Å². The van der Waals surface area contributed by atoms with Crippen molar-refractivity contribution in [2.75, 3.05) is 7.11 Å². The minimum absolute atomic E-state index is 0.0245. The molecule has 2 aromatic carbocycles. The zero-order valence-corrected chi connectivity index (χ0v) is 22.0. The maximum Gasteiger partial charge on any atom is 0.283 e. The van der Waals surface area contributed by atoms with E-state index in [1.54, 1.807) is 31.4 Å². The zero-order chi connectivity index (χ0) is 25.5. The van der Waals surface area contributed by atoms with Crippen LogP contribution < -0.4 is 9.47 Å². The van der Waals surface area contributed by atoms with E-state index in [0.29, 0.717) is 33.9 Å². The fraction of sp³-hybridized carbons (Fsp3) is 0.333. The van der Waals surface area contributed by atoms with Crippen molar-refractivity contribution in [3.63, 3.8) is 0 Å². The maximum absolute atomic E-state index is 12.7. The molecule has 2 aliphatic rings. The number of aliphatic imine (C=N–C) groups is 1. The summed E-state index contributed by atoms with van der Waals surface area (Å²) in [5.74, 6) is 0.636. The van der Waals surface area contributed by atoms with E-state index in [1.807, 2.05) is 24.3 Å². The van der Waals surface area contributed by atoms with Crippen LogP contribution in [0.2, 0.25) is 5.02 Å². The standard InChI is InChI=1S/C27H29ClN4O3S/c1-3-4-5-6-7-12-24-31-32-25(29)20(26(33)30-27(32)36-24)15-18-13-14-22(23(16-18)34-2)35-17-19-10-8-9-11-21(19)28/h8-11,13-16,29H,3-7,12,17H2,1-2H3. The van der Waals surface area contributed by atoms with Gasteiger partial charge in [0, 0.05) is 10.6 Å². The predicted molar refractivity (Wildman–Crippen MR) is 147 cm³/mol. The molecule has 0 aromatic heterocycles. The molecule has 0 unspecified atom stereocenters. The van der Waals surface area contributed by atoms with Crippen molar-refractivity contribution in [2.24, 2.45) is 10.1 Å². The summed E-state index contributed by atoms with van der Waals surface area (Å²) in [5, 5.41) is 16.6. The molecule has 0 saturated carbocycles. The molecule has 2 heterocycles. The van der Waals surface area contributed by atoms with Crippen LogP contribution >= 0.6 is 23.4 Å². The third-order valence-corrected chi connectivity index (χ3v) is 7.17. The number of rotatable bonds is 11. The molecule has 0 fully saturated rings. The van der Waals surface area contributed by atoms with Gasteiger partial charge in [0.15, 0.2) is 17.3 Å². The number of hydrogen-bond acceptors (Lipinski definition) is 6. The number of hydrazone groups is 1. The molecule has 0 saturated heterocycles. The van der Waals surface area contributed by atoms with Gasteiger partial charge in [-0.25, -0.2) is 0 Å². The summed E-state index contributed by atoms with van der Waals surface area (Å²) in [6, 6.07) is 12.8. The lowest BCUT2D eigenvalue weighted by molar-refractivity contribution is -0.114. The van der Waals surface area contributed by atoms with Crippen LogP contribution in [0.4, 0.5) is 0 Å². The van der Waals surface area contributed by atoms with Crippen molar-refractivity contribution in [1.29, 1.82) is 5.41 Å². The normalized spacial score (nSPS) is 16.2. The molecule has 9 heteroatoms. The van der Waals surface area contributed by atoms with E-state index in [-0.39, 0.29) is 11.4 Å². The van der Waals surface area contributed by atoms with E-state index in [0.717, 1.165) is 29.9 Å². The fourth-order valence-electron chi connectivity index (χ4n) is 3.84. The number of carbonyl (C=O) groups excluding carboxylic acids is 1. The summed E-state index contributed by atoms with van der Waals surface area (Å²) < 4.78 is 11.4. The zero-order valence-electron chi connectivity index (χ0n) is 20.4. The van der Waals surface area contributed by atoms with Crippen molar-refractivity contribution in [3.8, 4) is 11.5 Å². The Kier molecular flexibility index (Phi) is 8.83. The van der Waals surface area contributed by atoms with Crippen molar-refractivity contribution in [2.45, 2.75) is 52.1 Å². The van der Waals surface area contributed by atoms with Gasteiger partial charge >= 0.3 is 0 Å². The van der Waals surface area contributed by atoms with Crippen LogP contribution in [0.1, 0.15) is 56.6 Å². The second-order valence-electron chi connectivity index (χ2n) is 8.47. The highest BCUT2D eigenvalue weighted by Gasteiger charge is 2.35. The molecule has 0 aliphatic carbocycles. The van der Waals surface area contributed by atoms with Crippen LogP contribution in [0.3, 0.4) is 0 Å². The number of hydrogen-bond donors (Lipinski definition) is 1. The van der Waals surface area contributed by atoms with E-state index in [9.17, 15) is 4.79 Å². The average molecular weight is 525 g/mol. The Labute approximate surface area is 220 Å². The number of ether oxygens (including phenoxy) is 2. The number of amidine groups is 2. The third kappa shape index (κ3) is 6.17. The lowest BCUT2D eigenvalue weighted by Gasteiger charge is -2.20. The van der Waals surface area contributed by atoms with Crippen LogP contribution in [-0.4, -0.2) is 34.1 Å². The number of halogens is 1. The Balaban J connectivity index is 1.46. The van der Waals surface area contributed by atoms with Gasteiger partial charge in [-0.05, 0) is 54.4 Å². The number of carbonyl (C=O) groups is 1. The first-order chi connectivity index (χ1) is 17.5. The molecule has 4 rings (SSSR count). The van der Waals surface area contributed by atoms with Crippen molar-refractivity contribution < 1.29 is 14.3 Å². The first kappa shape index (κ1) is 26.0. The minimum Gasteiger partial charge on any atom is -0.493 e. The minimum atomic E-state index is -0.448. The molecule has 0 atom stereocenters. The summed E-state index contributed by atoms with van der Waals surface area (Å²) in [4.78, 5) is 16.9. The van der Waals surface area contributed by atoms with Crippen LogP contribution in [0, 0.1) is 5.41 Å². The number of amides is 1. The number of methoxy groups -OCH3 is 1. The van der Waals surface area contributed by atoms with E-state index < -0.39 is 5.91 Å². The van der Waals surface area contributed by atoms with Crippen molar-refractivity contribution >= 4 is 51.4 Å². The molecule has 2 aromatic rings. The SMILES string of the molecule is CCCCCCCC1=NN2C(=N)C(=Cc3ccc(OCc4ccccc4Cl)c(OC)c3)C(=O)N=C2S1. The number of nitrogens with one attached hydrogen (secondary N) is 1. The second-order valence-corrected chi connectivity index (χ2v) is 9.92. The van der Waals surface area contributed by atoms with Gasteiger partial charge in [0.25, 0.3) is 5.91 Å². The third-order valence-electron chi connectivity index (χ3n) is 5.83. The summed E-state index contributed by atoms with van der Waals surface area (Å²) in [7, 11) is 1.55. The van der Waals surface area contributed by atoms with Gasteiger partial charge < -0.3 is 9.47 Å². The van der Waals surface area contributed by atoms with Crippen LogP contribution in [0.5, 0.6) is 11.5 Å². The molecule has 2 aliphatic heterocycles. The fourth-order valence-corrected chi connectivity index (χ4v) is 4.96. The van der Waals surface area contributed by atoms with Crippen LogP contribution in [0.25, 0.3) is 6.08 Å². The van der Waals surface area contributed by atoms with Crippen LogP contribution in [0.15, 0.2) is 58.1 Å². The highest BCUT2D eigenvalue weighted by Crippen LogP contribution is 2.33. The molecular formula is C27H29ClN4O3S. The Morgan fingerprint density at radius 3 is 2.69 bits per heavy atom. The molecule has 188 valence electrons. The van der Waals surface area contributed by atoms with Gasteiger partial charge in [-0.1, -0.05) is 68.5 Å². The Morgan fingerprint density at radius 2 is 1.92 bits per heavy atom. The largest absolute Gasteiger partial charge is 0.493 e. The summed E-state index contributed by atoms with van der Waals surface area (Å²) in [5.41, 5.74) is 1.74. The first-order valence-electron chi connectivity index (χ1n) is 12.0. The molecule has 1 amide bonds. The quantitative estimate of drug-likeness (QED) is 0.255. The van der Waals surface area contributed by atoms with Gasteiger partial charge in [0.1, 0.15) is 11.7 Å². The summed E-state index contributed by atoms with van der Waals surface area (Å²) in [6.07, 6.45) is 8.33. The molecule has 0 bridgehead atoms. The highest BCUT2D eigenvalue weighted by molar-refractivity contribution is 8.26. The Bertz CT molecular complexity index is 1240. The molecular weight excluding hydrogens is 496 g/mol. The monoisotopic (exact) mass is 524 g/mol. The first-order valence-corrected chi connectivity index (χ1v) is 13.2. The van der Waals surface area contributed by atoms with E-state index in [2.05, 4.69) is 17.0 Å². The number of fused-ring (bicyclic) bond motifs is 1. The van der Waals surface area contributed by atoms with E-state index >= 15 is 0 Å². The molecule has 0 radical (unpaired) electrons. The number of nitrogens with zero attached hydrogens (tertiary/aromatic N) is 3.